The van der Waals surface area contributed by atoms with E-state index in [-0.39, 0.29) is 19.3 Å². The Labute approximate surface area is 123 Å². The minimum Gasteiger partial charge on any atom is -0.447 e. The van der Waals surface area contributed by atoms with Crippen LogP contribution in [0.1, 0.15) is 12.0 Å². The summed E-state index contributed by atoms with van der Waals surface area (Å²) in [6.07, 6.45) is 1.80. The predicted molar refractivity (Wildman–Crippen MR) is 77.5 cm³/mol. The number of benzene rings is 1. The first-order valence-corrected chi connectivity index (χ1v) is 6.93. The molecule has 1 aliphatic heterocycles. The van der Waals surface area contributed by atoms with Crippen LogP contribution in [0.25, 0.3) is 0 Å². The molecule has 5 nitrogen and oxygen atoms in total. The molecule has 2 rings (SSSR count). The molecule has 1 saturated heterocycles. The van der Waals surface area contributed by atoms with Crippen LogP contribution in [-0.4, -0.2) is 41.3 Å². The summed E-state index contributed by atoms with van der Waals surface area (Å²) in [7, 11) is 0. The summed E-state index contributed by atoms with van der Waals surface area (Å²) in [4.78, 5) is 25.3. The lowest BCUT2D eigenvalue weighted by Crippen LogP contribution is -2.44. The van der Waals surface area contributed by atoms with Gasteiger partial charge in [-0.1, -0.05) is 36.4 Å². The number of cyclic esters (lactones) is 1. The zero-order valence-corrected chi connectivity index (χ0v) is 11.8. The first-order chi connectivity index (χ1) is 10.2. The maximum absolute atomic E-state index is 12.4. The standard InChI is InChI=1S/C16H19NO4/c1-2-6-13(10-18)15(19)17-14(11-21-16(17)20)9-12-7-4-3-5-8-12/h2-5,7-8,13-14,18H,1,6,9-11H2/t13-,14?/m1/s1. The van der Waals surface area contributed by atoms with E-state index in [4.69, 9.17) is 4.74 Å². The number of ether oxygens (including phenoxy) is 1. The third-order valence-electron chi connectivity index (χ3n) is 3.53. The minimum atomic E-state index is -0.647. The smallest absolute Gasteiger partial charge is 0.416 e. The fraction of sp³-hybridized carbons (Fsp3) is 0.375. The Morgan fingerprint density at radius 3 is 2.81 bits per heavy atom. The van der Waals surface area contributed by atoms with Crippen LogP contribution in [0.4, 0.5) is 4.79 Å². The van der Waals surface area contributed by atoms with E-state index in [9.17, 15) is 14.7 Å². The quantitative estimate of drug-likeness (QED) is 0.810. The number of hydrogen-bond acceptors (Lipinski definition) is 4. The summed E-state index contributed by atoms with van der Waals surface area (Å²) >= 11 is 0. The molecule has 1 aliphatic rings. The Bertz CT molecular complexity index is 514. The van der Waals surface area contributed by atoms with Gasteiger partial charge < -0.3 is 9.84 Å². The molecule has 0 aliphatic carbocycles. The molecule has 2 atom stereocenters. The number of allylic oxidation sites excluding steroid dienone is 1. The average molecular weight is 289 g/mol. The molecule has 0 radical (unpaired) electrons. The number of aliphatic hydroxyl groups is 1. The molecule has 5 heteroatoms. The first-order valence-electron chi connectivity index (χ1n) is 6.93. The van der Waals surface area contributed by atoms with Gasteiger partial charge in [0.25, 0.3) is 0 Å². The molecule has 1 unspecified atom stereocenters. The molecule has 112 valence electrons. The minimum absolute atomic E-state index is 0.186. The molecule has 0 saturated carbocycles. The number of aliphatic hydroxyl groups excluding tert-OH is 1. The van der Waals surface area contributed by atoms with Crippen molar-refractivity contribution in [1.82, 2.24) is 4.90 Å². The highest BCUT2D eigenvalue weighted by Gasteiger charge is 2.40. The van der Waals surface area contributed by atoms with Crippen LogP contribution in [0.2, 0.25) is 0 Å². The highest BCUT2D eigenvalue weighted by molar-refractivity contribution is 5.95. The number of hydrogen-bond donors (Lipinski definition) is 1. The van der Waals surface area contributed by atoms with Gasteiger partial charge in [0.15, 0.2) is 0 Å². The topological polar surface area (TPSA) is 66.8 Å². The second kappa shape index (κ2) is 7.04. The SMILES string of the molecule is C=CC[C@H](CO)C(=O)N1C(=O)OCC1Cc1ccccc1. The van der Waals surface area contributed by atoms with Crippen molar-refractivity contribution in [1.29, 1.82) is 0 Å². The molecule has 1 fully saturated rings. The molecule has 2 amide bonds. The van der Waals surface area contributed by atoms with Gasteiger partial charge in [-0.2, -0.15) is 0 Å². The number of amides is 2. The van der Waals surface area contributed by atoms with Crippen molar-refractivity contribution >= 4 is 12.0 Å². The van der Waals surface area contributed by atoms with Gasteiger partial charge in [0.05, 0.1) is 18.6 Å². The molecule has 0 aromatic heterocycles. The van der Waals surface area contributed by atoms with Crippen LogP contribution in [0, 0.1) is 5.92 Å². The fourth-order valence-corrected chi connectivity index (χ4v) is 2.42. The van der Waals surface area contributed by atoms with E-state index < -0.39 is 17.9 Å². The van der Waals surface area contributed by atoms with Crippen LogP contribution in [0.5, 0.6) is 0 Å². The van der Waals surface area contributed by atoms with Crippen molar-refractivity contribution in [3.8, 4) is 0 Å². The molecular formula is C16H19NO4. The lowest BCUT2D eigenvalue weighted by molar-refractivity contribution is -0.134. The summed E-state index contributed by atoms with van der Waals surface area (Å²) in [5, 5.41) is 9.30. The third-order valence-corrected chi connectivity index (χ3v) is 3.53. The summed E-state index contributed by atoms with van der Waals surface area (Å²) in [5.74, 6) is -1.05. The lowest BCUT2D eigenvalue weighted by atomic mass is 10.0. The van der Waals surface area contributed by atoms with Gasteiger partial charge in [-0.15, -0.1) is 6.58 Å². The van der Waals surface area contributed by atoms with Gasteiger partial charge in [0, 0.05) is 0 Å². The largest absolute Gasteiger partial charge is 0.447 e. The molecule has 0 bridgehead atoms. The van der Waals surface area contributed by atoms with Gasteiger partial charge in [-0.25, -0.2) is 9.69 Å². The van der Waals surface area contributed by atoms with E-state index in [0.717, 1.165) is 10.5 Å². The second-order valence-corrected chi connectivity index (χ2v) is 5.03. The highest BCUT2D eigenvalue weighted by atomic mass is 16.6. The Morgan fingerprint density at radius 2 is 2.19 bits per heavy atom. The Balaban J connectivity index is 2.12. The van der Waals surface area contributed by atoms with Crippen molar-refractivity contribution < 1.29 is 19.4 Å². The van der Waals surface area contributed by atoms with Crippen molar-refractivity contribution in [2.45, 2.75) is 18.9 Å². The fourth-order valence-electron chi connectivity index (χ4n) is 2.42. The van der Waals surface area contributed by atoms with E-state index in [2.05, 4.69) is 6.58 Å². The van der Waals surface area contributed by atoms with E-state index in [1.165, 1.54) is 0 Å². The van der Waals surface area contributed by atoms with Crippen LogP contribution >= 0.6 is 0 Å². The highest BCUT2D eigenvalue weighted by Crippen LogP contribution is 2.21. The Hall–Kier alpha value is -2.14. The van der Waals surface area contributed by atoms with Crippen LogP contribution < -0.4 is 0 Å². The Kier molecular flexibility index (Phi) is 5.11. The zero-order valence-electron chi connectivity index (χ0n) is 11.8. The van der Waals surface area contributed by atoms with Gasteiger partial charge in [0.1, 0.15) is 6.61 Å². The maximum atomic E-state index is 12.4. The summed E-state index contributed by atoms with van der Waals surface area (Å²) in [6.45, 7) is 3.44. The molecule has 1 N–H and O–H groups in total. The Morgan fingerprint density at radius 1 is 1.48 bits per heavy atom. The van der Waals surface area contributed by atoms with Crippen LogP contribution in [0.3, 0.4) is 0 Å². The third kappa shape index (κ3) is 3.49. The molecule has 21 heavy (non-hydrogen) atoms. The van der Waals surface area contributed by atoms with Gasteiger partial charge >= 0.3 is 6.09 Å². The van der Waals surface area contributed by atoms with Crippen molar-refractivity contribution in [3.63, 3.8) is 0 Å². The van der Waals surface area contributed by atoms with Gasteiger partial charge in [-0.3, -0.25) is 4.79 Å². The molecular weight excluding hydrogens is 270 g/mol. The van der Waals surface area contributed by atoms with E-state index >= 15 is 0 Å². The van der Waals surface area contributed by atoms with Crippen molar-refractivity contribution in [2.24, 2.45) is 5.92 Å². The number of carbonyl (C=O) groups excluding carboxylic acids is 2. The van der Waals surface area contributed by atoms with E-state index in [1.54, 1.807) is 6.08 Å². The molecule has 1 heterocycles. The summed E-state index contributed by atoms with van der Waals surface area (Å²) in [5.41, 5.74) is 1.03. The number of rotatable bonds is 6. The van der Waals surface area contributed by atoms with Gasteiger partial charge in [0.2, 0.25) is 5.91 Å². The van der Waals surface area contributed by atoms with Gasteiger partial charge in [-0.05, 0) is 18.4 Å². The predicted octanol–water partition coefficient (Wildman–Crippen LogP) is 1.76. The monoisotopic (exact) mass is 289 g/mol. The number of nitrogens with zero attached hydrogens (tertiary/aromatic N) is 1. The molecule has 1 aromatic rings. The van der Waals surface area contributed by atoms with Crippen molar-refractivity contribution in [3.05, 3.63) is 48.6 Å². The van der Waals surface area contributed by atoms with E-state index in [1.807, 2.05) is 30.3 Å². The average Bonchev–Trinajstić information content (AvgIpc) is 2.86. The number of carbonyl (C=O) groups is 2. The van der Waals surface area contributed by atoms with E-state index in [0.29, 0.717) is 12.8 Å². The van der Waals surface area contributed by atoms with Crippen LogP contribution in [-0.2, 0) is 16.0 Å². The summed E-state index contributed by atoms with van der Waals surface area (Å²) < 4.78 is 5.00. The van der Waals surface area contributed by atoms with Crippen LogP contribution in [0.15, 0.2) is 43.0 Å². The van der Waals surface area contributed by atoms with Crippen molar-refractivity contribution in [2.75, 3.05) is 13.2 Å². The zero-order chi connectivity index (χ0) is 15.2. The first kappa shape index (κ1) is 15.3. The molecule has 1 aromatic carbocycles. The summed E-state index contributed by atoms with van der Waals surface area (Å²) in [6, 6.07) is 9.29. The molecule has 0 spiro atoms. The second-order valence-electron chi connectivity index (χ2n) is 5.03. The number of imide groups is 1. The maximum Gasteiger partial charge on any atom is 0.416 e. The normalized spacial score (nSPS) is 19.2. The lowest BCUT2D eigenvalue weighted by Gasteiger charge is -2.23.